The van der Waals surface area contributed by atoms with E-state index in [1.807, 2.05) is 26.2 Å². The van der Waals surface area contributed by atoms with Crippen LogP contribution >= 0.6 is 23.2 Å². The van der Waals surface area contributed by atoms with Crippen LogP contribution in [0.5, 0.6) is 5.75 Å². The van der Waals surface area contributed by atoms with Crippen molar-refractivity contribution in [1.82, 2.24) is 15.2 Å². The lowest BCUT2D eigenvalue weighted by Gasteiger charge is -2.19. The van der Waals surface area contributed by atoms with Crippen LogP contribution in [0.1, 0.15) is 35.4 Å². The van der Waals surface area contributed by atoms with Crippen LogP contribution in [-0.2, 0) is 0 Å². The second kappa shape index (κ2) is 11.5. The Labute approximate surface area is 208 Å². The molecule has 0 aliphatic carbocycles. The van der Waals surface area contributed by atoms with Crippen LogP contribution in [0.3, 0.4) is 0 Å². The lowest BCUT2D eigenvalue weighted by Crippen LogP contribution is -2.27. The summed E-state index contributed by atoms with van der Waals surface area (Å²) < 4.78 is 19.9. The minimum Gasteiger partial charge on any atom is -0.482 e. The van der Waals surface area contributed by atoms with Crippen LogP contribution < -0.4 is 15.8 Å². The summed E-state index contributed by atoms with van der Waals surface area (Å²) in [5, 5.41) is 3.11. The molecule has 1 amide bonds. The average Bonchev–Trinajstić information content (AvgIpc) is 2.80. The number of carbonyl (C=O) groups is 1. The summed E-state index contributed by atoms with van der Waals surface area (Å²) in [4.78, 5) is 18.6. The van der Waals surface area contributed by atoms with Gasteiger partial charge in [-0.25, -0.2) is 9.37 Å². The van der Waals surface area contributed by atoms with E-state index in [4.69, 9.17) is 33.7 Å². The van der Waals surface area contributed by atoms with Gasteiger partial charge in [0.25, 0.3) is 5.91 Å². The van der Waals surface area contributed by atoms with E-state index < -0.39 is 11.9 Å². The molecule has 9 heteroatoms. The zero-order valence-corrected chi connectivity index (χ0v) is 20.8. The Kier molecular flexibility index (Phi) is 8.72. The van der Waals surface area contributed by atoms with E-state index in [9.17, 15) is 9.18 Å². The number of nitrogen functional groups attached to an aromatic ring is 1. The van der Waals surface area contributed by atoms with E-state index in [0.717, 1.165) is 24.1 Å². The fourth-order valence-electron chi connectivity index (χ4n) is 3.39. The molecule has 0 aliphatic heterocycles. The number of pyridine rings is 1. The minimum atomic E-state index is -0.673. The van der Waals surface area contributed by atoms with E-state index in [0.29, 0.717) is 23.4 Å². The molecule has 2 aromatic carbocycles. The molecule has 0 spiro atoms. The first kappa shape index (κ1) is 25.7. The summed E-state index contributed by atoms with van der Waals surface area (Å²) >= 11 is 12.3. The number of ether oxygens (including phenoxy) is 1. The number of rotatable bonds is 9. The highest BCUT2D eigenvalue weighted by Gasteiger charge is 2.20. The zero-order chi connectivity index (χ0) is 24.8. The van der Waals surface area contributed by atoms with Crippen molar-refractivity contribution < 1.29 is 13.9 Å². The standard InChI is InChI=1S/C25H27Cl2FN4O2/c1-15(22-19(26)9-10-20(28)23(22)27)34-21-13-18(14-31-24(21)29)16-5-7-17(8-6-16)25(33)30-11-4-12-32(2)3/h5-10,13-15H,4,11-12H2,1-3H3,(H2,29,31)(H,30,33). The van der Waals surface area contributed by atoms with E-state index in [-0.39, 0.29) is 21.8 Å². The van der Waals surface area contributed by atoms with Gasteiger partial charge in [0, 0.05) is 34.5 Å². The number of hydrogen-bond donors (Lipinski definition) is 2. The summed E-state index contributed by atoms with van der Waals surface area (Å²) in [6.07, 6.45) is 1.82. The first-order valence-corrected chi connectivity index (χ1v) is 11.5. The second-order valence-electron chi connectivity index (χ2n) is 8.11. The van der Waals surface area contributed by atoms with Crippen LogP contribution in [0, 0.1) is 5.82 Å². The van der Waals surface area contributed by atoms with Crippen LogP contribution in [0.4, 0.5) is 10.2 Å². The Morgan fingerprint density at radius 2 is 1.88 bits per heavy atom. The SMILES string of the molecule is CC(Oc1cc(-c2ccc(C(=O)NCCCN(C)C)cc2)cnc1N)c1c(Cl)ccc(F)c1Cl. The second-order valence-corrected chi connectivity index (χ2v) is 8.90. The molecule has 1 aromatic heterocycles. The van der Waals surface area contributed by atoms with Crippen molar-refractivity contribution in [2.24, 2.45) is 0 Å². The summed E-state index contributed by atoms with van der Waals surface area (Å²) in [7, 11) is 3.99. The van der Waals surface area contributed by atoms with Crippen molar-refractivity contribution in [2.45, 2.75) is 19.4 Å². The Hall–Kier alpha value is -2.87. The van der Waals surface area contributed by atoms with Gasteiger partial charge in [-0.2, -0.15) is 0 Å². The highest BCUT2D eigenvalue weighted by atomic mass is 35.5. The van der Waals surface area contributed by atoms with Crippen molar-refractivity contribution >= 4 is 34.9 Å². The van der Waals surface area contributed by atoms with Gasteiger partial charge in [0.05, 0.1) is 5.02 Å². The minimum absolute atomic E-state index is 0.0988. The molecule has 1 atom stereocenters. The van der Waals surface area contributed by atoms with E-state index in [2.05, 4.69) is 15.2 Å². The summed E-state index contributed by atoms with van der Waals surface area (Å²) in [6.45, 7) is 3.22. The molecule has 1 heterocycles. The Balaban J connectivity index is 1.74. The Morgan fingerprint density at radius 3 is 2.56 bits per heavy atom. The van der Waals surface area contributed by atoms with Crippen molar-refractivity contribution in [1.29, 1.82) is 0 Å². The quantitative estimate of drug-likeness (QED) is 0.293. The molecule has 0 fully saturated rings. The molecular formula is C25H27Cl2FN4O2. The molecule has 3 rings (SSSR count). The predicted octanol–water partition coefficient (Wildman–Crippen LogP) is 5.60. The van der Waals surface area contributed by atoms with Gasteiger partial charge < -0.3 is 20.7 Å². The van der Waals surface area contributed by atoms with Gasteiger partial charge in [-0.3, -0.25) is 4.79 Å². The summed E-state index contributed by atoms with van der Waals surface area (Å²) in [6, 6.07) is 11.5. The summed E-state index contributed by atoms with van der Waals surface area (Å²) in [5.41, 5.74) is 8.47. The van der Waals surface area contributed by atoms with Gasteiger partial charge in [0.1, 0.15) is 11.9 Å². The first-order chi connectivity index (χ1) is 16.2. The Morgan fingerprint density at radius 1 is 1.18 bits per heavy atom. The van der Waals surface area contributed by atoms with Crippen molar-refractivity contribution in [3.8, 4) is 16.9 Å². The molecule has 0 radical (unpaired) electrons. The maximum absolute atomic E-state index is 13.9. The summed E-state index contributed by atoms with van der Waals surface area (Å²) in [5.74, 6) is -0.224. The molecule has 3 aromatic rings. The number of anilines is 1. The zero-order valence-electron chi connectivity index (χ0n) is 19.2. The van der Waals surface area contributed by atoms with Gasteiger partial charge in [-0.1, -0.05) is 35.3 Å². The predicted molar refractivity (Wildman–Crippen MR) is 135 cm³/mol. The number of nitrogens with zero attached hydrogens (tertiary/aromatic N) is 2. The molecule has 0 bridgehead atoms. The maximum atomic E-state index is 13.9. The third kappa shape index (κ3) is 6.38. The van der Waals surface area contributed by atoms with Crippen LogP contribution in [0.25, 0.3) is 11.1 Å². The molecule has 1 unspecified atom stereocenters. The number of amides is 1. The number of aromatic nitrogens is 1. The largest absolute Gasteiger partial charge is 0.482 e. The molecule has 6 nitrogen and oxygen atoms in total. The topological polar surface area (TPSA) is 80.5 Å². The van der Waals surface area contributed by atoms with Crippen molar-refractivity contribution in [3.05, 3.63) is 75.7 Å². The van der Waals surface area contributed by atoms with Crippen LogP contribution in [0.15, 0.2) is 48.7 Å². The highest BCUT2D eigenvalue weighted by Crippen LogP contribution is 2.37. The molecule has 0 saturated heterocycles. The van der Waals surface area contributed by atoms with E-state index in [1.54, 1.807) is 31.3 Å². The van der Waals surface area contributed by atoms with Gasteiger partial charge in [-0.15, -0.1) is 0 Å². The van der Waals surface area contributed by atoms with Gasteiger partial charge in [0.2, 0.25) is 0 Å². The van der Waals surface area contributed by atoms with Crippen LogP contribution in [0.2, 0.25) is 10.0 Å². The van der Waals surface area contributed by atoms with Gasteiger partial charge in [-0.05, 0) is 69.9 Å². The Bertz CT molecular complexity index is 1160. The number of hydrogen-bond acceptors (Lipinski definition) is 5. The number of halogens is 3. The third-order valence-corrected chi connectivity index (χ3v) is 5.93. The van der Waals surface area contributed by atoms with E-state index in [1.165, 1.54) is 12.1 Å². The lowest BCUT2D eigenvalue weighted by molar-refractivity contribution is 0.0952. The van der Waals surface area contributed by atoms with Crippen molar-refractivity contribution in [2.75, 3.05) is 32.9 Å². The fraction of sp³-hybridized carbons (Fsp3) is 0.280. The highest BCUT2D eigenvalue weighted by molar-refractivity contribution is 6.36. The van der Waals surface area contributed by atoms with Gasteiger partial charge >= 0.3 is 0 Å². The number of benzene rings is 2. The average molecular weight is 505 g/mol. The number of carbonyl (C=O) groups excluding carboxylic acids is 1. The maximum Gasteiger partial charge on any atom is 0.251 e. The fourth-order valence-corrected chi connectivity index (χ4v) is 4.06. The molecule has 3 N–H and O–H groups in total. The number of nitrogens with one attached hydrogen (secondary N) is 1. The normalized spacial score (nSPS) is 12.0. The lowest BCUT2D eigenvalue weighted by atomic mass is 10.0. The van der Waals surface area contributed by atoms with Crippen LogP contribution in [-0.4, -0.2) is 43.0 Å². The molecule has 180 valence electrons. The van der Waals surface area contributed by atoms with Gasteiger partial charge in [0.15, 0.2) is 11.6 Å². The molecule has 0 saturated carbocycles. The van der Waals surface area contributed by atoms with Crippen molar-refractivity contribution in [3.63, 3.8) is 0 Å². The number of nitrogens with two attached hydrogens (primary N) is 1. The van der Waals surface area contributed by atoms with E-state index >= 15 is 0 Å². The first-order valence-electron chi connectivity index (χ1n) is 10.8. The molecule has 0 aliphatic rings. The third-order valence-electron chi connectivity index (χ3n) is 5.22. The monoisotopic (exact) mass is 504 g/mol. The molecular weight excluding hydrogens is 478 g/mol. The molecule has 34 heavy (non-hydrogen) atoms. The smallest absolute Gasteiger partial charge is 0.251 e.